The number of halogens is 1. The number of amides is 2. The molecular weight excluding hydrogens is 370 g/mol. The van der Waals surface area contributed by atoms with E-state index in [9.17, 15) is 9.59 Å². The maximum absolute atomic E-state index is 12.3. The molecule has 5 nitrogen and oxygen atoms in total. The molecular formula is C18H26BrN3O2. The van der Waals surface area contributed by atoms with Crippen LogP contribution in [0.15, 0.2) is 22.7 Å². The highest BCUT2D eigenvalue weighted by molar-refractivity contribution is 9.10. The fourth-order valence-corrected chi connectivity index (χ4v) is 3.48. The number of carbonyl (C=O) groups excluding carboxylic acids is 2. The van der Waals surface area contributed by atoms with Crippen molar-refractivity contribution in [3.63, 3.8) is 0 Å². The van der Waals surface area contributed by atoms with Crippen LogP contribution in [0.1, 0.15) is 25.3 Å². The second-order valence-electron chi connectivity index (χ2n) is 6.77. The van der Waals surface area contributed by atoms with E-state index < -0.39 is 0 Å². The van der Waals surface area contributed by atoms with Gasteiger partial charge in [-0.25, -0.2) is 0 Å². The minimum atomic E-state index is -0.109. The van der Waals surface area contributed by atoms with Gasteiger partial charge >= 0.3 is 0 Å². The molecule has 0 saturated carbocycles. The summed E-state index contributed by atoms with van der Waals surface area (Å²) < 4.78 is 0.983. The van der Waals surface area contributed by atoms with Crippen molar-refractivity contribution in [2.45, 2.75) is 26.7 Å². The van der Waals surface area contributed by atoms with Gasteiger partial charge in [-0.05, 0) is 56.5 Å². The molecule has 0 aromatic heterocycles. The van der Waals surface area contributed by atoms with Crippen LogP contribution in [-0.2, 0) is 9.59 Å². The first-order valence-corrected chi connectivity index (χ1v) is 9.16. The molecule has 1 fully saturated rings. The molecule has 24 heavy (non-hydrogen) atoms. The van der Waals surface area contributed by atoms with Crippen LogP contribution in [0.3, 0.4) is 0 Å². The van der Waals surface area contributed by atoms with Crippen LogP contribution in [-0.4, -0.2) is 54.8 Å². The molecule has 0 aliphatic carbocycles. The quantitative estimate of drug-likeness (QED) is 0.833. The second kappa shape index (κ2) is 8.62. The number of benzene rings is 1. The molecule has 1 heterocycles. The normalized spacial score (nSPS) is 17.9. The highest BCUT2D eigenvalue weighted by Crippen LogP contribution is 2.20. The number of hydrogen-bond donors (Lipinski definition) is 1. The molecule has 132 valence electrons. The zero-order chi connectivity index (χ0) is 17.7. The molecule has 0 spiro atoms. The summed E-state index contributed by atoms with van der Waals surface area (Å²) in [6.45, 7) is 6.27. The lowest BCUT2D eigenvalue weighted by atomic mass is 10.0. The first-order chi connectivity index (χ1) is 11.3. The van der Waals surface area contributed by atoms with E-state index in [1.165, 1.54) is 6.42 Å². The Balaban J connectivity index is 1.81. The van der Waals surface area contributed by atoms with Crippen LogP contribution in [0.5, 0.6) is 0 Å². The van der Waals surface area contributed by atoms with Crippen LogP contribution in [0, 0.1) is 12.8 Å². The van der Waals surface area contributed by atoms with E-state index in [2.05, 4.69) is 28.2 Å². The SMILES string of the molecule is Cc1cc(Br)ccc1NC(=O)CN(C)CC(=O)N1CCCC(C)C1. The summed E-state index contributed by atoms with van der Waals surface area (Å²) in [5.41, 5.74) is 1.80. The van der Waals surface area contributed by atoms with Crippen molar-refractivity contribution in [3.8, 4) is 0 Å². The first-order valence-electron chi connectivity index (χ1n) is 8.37. The number of hydrogen-bond acceptors (Lipinski definition) is 3. The predicted molar refractivity (Wildman–Crippen MR) is 100.0 cm³/mol. The smallest absolute Gasteiger partial charge is 0.238 e. The van der Waals surface area contributed by atoms with Crippen LogP contribution >= 0.6 is 15.9 Å². The van der Waals surface area contributed by atoms with Crippen molar-refractivity contribution >= 4 is 33.4 Å². The Morgan fingerprint density at radius 2 is 2.12 bits per heavy atom. The zero-order valence-electron chi connectivity index (χ0n) is 14.6. The topological polar surface area (TPSA) is 52.7 Å². The average Bonchev–Trinajstić information content (AvgIpc) is 2.50. The van der Waals surface area contributed by atoms with Crippen LogP contribution in [0.2, 0.25) is 0 Å². The molecule has 2 amide bonds. The number of aryl methyl sites for hydroxylation is 1. The molecule has 1 aliphatic heterocycles. The van der Waals surface area contributed by atoms with Gasteiger partial charge in [0, 0.05) is 23.2 Å². The summed E-state index contributed by atoms with van der Waals surface area (Å²) in [6, 6.07) is 5.73. The third kappa shape index (κ3) is 5.60. The Bertz CT molecular complexity index is 606. The molecule has 1 saturated heterocycles. The van der Waals surface area contributed by atoms with Gasteiger partial charge in [0.15, 0.2) is 0 Å². The molecule has 1 aromatic carbocycles. The van der Waals surface area contributed by atoms with Crippen molar-refractivity contribution in [3.05, 3.63) is 28.2 Å². The summed E-state index contributed by atoms with van der Waals surface area (Å²) in [7, 11) is 1.80. The minimum absolute atomic E-state index is 0.108. The lowest BCUT2D eigenvalue weighted by Crippen LogP contribution is -2.45. The van der Waals surface area contributed by atoms with Gasteiger partial charge in [0.2, 0.25) is 11.8 Å². The van der Waals surface area contributed by atoms with Gasteiger partial charge in [0.25, 0.3) is 0 Å². The molecule has 0 radical (unpaired) electrons. The third-order valence-corrected chi connectivity index (χ3v) is 4.78. The number of likely N-dealkylation sites (tertiary alicyclic amines) is 1. The molecule has 2 rings (SSSR count). The number of anilines is 1. The highest BCUT2D eigenvalue weighted by atomic mass is 79.9. The first kappa shape index (κ1) is 18.9. The molecule has 0 bridgehead atoms. The maximum atomic E-state index is 12.3. The van der Waals surface area contributed by atoms with Gasteiger partial charge in [-0.15, -0.1) is 0 Å². The predicted octanol–water partition coefficient (Wildman–Crippen LogP) is 2.89. The molecule has 1 atom stereocenters. The monoisotopic (exact) mass is 395 g/mol. The lowest BCUT2D eigenvalue weighted by Gasteiger charge is -2.32. The van der Waals surface area contributed by atoms with Crippen molar-refractivity contribution in [2.75, 3.05) is 38.5 Å². The van der Waals surface area contributed by atoms with Gasteiger partial charge in [-0.2, -0.15) is 0 Å². The standard InChI is InChI=1S/C18H26BrN3O2/c1-13-5-4-8-22(10-13)18(24)12-21(3)11-17(23)20-16-7-6-15(19)9-14(16)2/h6-7,9,13H,4-5,8,10-12H2,1-3H3,(H,20,23). The summed E-state index contributed by atoms with van der Waals surface area (Å²) in [5, 5.41) is 2.90. The molecule has 1 N–H and O–H groups in total. The summed E-state index contributed by atoms with van der Waals surface area (Å²) in [5.74, 6) is 0.566. The Hall–Kier alpha value is -1.40. The number of piperidine rings is 1. The number of carbonyl (C=O) groups is 2. The van der Waals surface area contributed by atoms with E-state index in [1.54, 1.807) is 11.9 Å². The van der Waals surface area contributed by atoms with Crippen LogP contribution in [0.4, 0.5) is 5.69 Å². The highest BCUT2D eigenvalue weighted by Gasteiger charge is 2.22. The van der Waals surface area contributed by atoms with E-state index in [0.29, 0.717) is 5.92 Å². The summed E-state index contributed by atoms with van der Waals surface area (Å²) in [4.78, 5) is 28.2. The number of nitrogens with zero attached hydrogens (tertiary/aromatic N) is 2. The minimum Gasteiger partial charge on any atom is -0.341 e. The Morgan fingerprint density at radius 1 is 1.38 bits per heavy atom. The van der Waals surface area contributed by atoms with Gasteiger partial charge in [0.1, 0.15) is 0 Å². The summed E-state index contributed by atoms with van der Waals surface area (Å²) >= 11 is 3.41. The lowest BCUT2D eigenvalue weighted by molar-refractivity contribution is -0.134. The summed E-state index contributed by atoms with van der Waals surface area (Å²) in [6.07, 6.45) is 2.26. The number of nitrogens with one attached hydrogen (secondary N) is 1. The van der Waals surface area contributed by atoms with E-state index in [-0.39, 0.29) is 24.9 Å². The molecule has 1 unspecified atom stereocenters. The van der Waals surface area contributed by atoms with Crippen LogP contribution in [0.25, 0.3) is 0 Å². The van der Waals surface area contributed by atoms with Crippen molar-refractivity contribution in [1.82, 2.24) is 9.80 Å². The van der Waals surface area contributed by atoms with Crippen LogP contribution < -0.4 is 5.32 Å². The van der Waals surface area contributed by atoms with E-state index in [4.69, 9.17) is 0 Å². The molecule has 1 aromatic rings. The van der Waals surface area contributed by atoms with E-state index >= 15 is 0 Å². The largest absolute Gasteiger partial charge is 0.341 e. The number of rotatable bonds is 5. The second-order valence-corrected chi connectivity index (χ2v) is 7.68. The van der Waals surface area contributed by atoms with Gasteiger partial charge in [-0.3, -0.25) is 14.5 Å². The van der Waals surface area contributed by atoms with Gasteiger partial charge < -0.3 is 10.2 Å². The average molecular weight is 396 g/mol. The maximum Gasteiger partial charge on any atom is 0.238 e. The van der Waals surface area contributed by atoms with Crippen molar-refractivity contribution in [2.24, 2.45) is 5.92 Å². The Morgan fingerprint density at radius 3 is 2.79 bits per heavy atom. The third-order valence-electron chi connectivity index (χ3n) is 4.29. The fraction of sp³-hybridized carbons (Fsp3) is 0.556. The fourth-order valence-electron chi connectivity index (χ4n) is 3.00. The van der Waals surface area contributed by atoms with E-state index in [0.717, 1.165) is 35.2 Å². The van der Waals surface area contributed by atoms with Crippen molar-refractivity contribution in [1.29, 1.82) is 0 Å². The molecule has 6 heteroatoms. The number of likely N-dealkylation sites (N-methyl/N-ethyl adjacent to an activating group) is 1. The van der Waals surface area contributed by atoms with E-state index in [1.807, 2.05) is 30.0 Å². The zero-order valence-corrected chi connectivity index (χ0v) is 16.2. The van der Waals surface area contributed by atoms with Gasteiger partial charge in [0.05, 0.1) is 13.1 Å². The van der Waals surface area contributed by atoms with Crippen molar-refractivity contribution < 1.29 is 9.59 Å². The van der Waals surface area contributed by atoms with Gasteiger partial charge in [-0.1, -0.05) is 22.9 Å². The molecule has 1 aliphatic rings. The Labute approximate surface area is 152 Å². The Kier molecular flexibility index (Phi) is 6.80.